The van der Waals surface area contributed by atoms with Gasteiger partial charge >= 0.3 is 0 Å². The summed E-state index contributed by atoms with van der Waals surface area (Å²) >= 11 is 0. The predicted octanol–water partition coefficient (Wildman–Crippen LogP) is 3.96. The van der Waals surface area contributed by atoms with Crippen molar-refractivity contribution in [1.29, 1.82) is 0 Å². The van der Waals surface area contributed by atoms with E-state index in [0.717, 1.165) is 32.4 Å². The molecule has 1 aromatic rings. The summed E-state index contributed by atoms with van der Waals surface area (Å²) < 4.78 is 6.81. The molecule has 0 aromatic heterocycles. The number of hydrogen-bond acceptors (Lipinski definition) is 2. The molecule has 1 saturated heterocycles. The van der Waals surface area contributed by atoms with Crippen LogP contribution in [0.25, 0.3) is 0 Å². The van der Waals surface area contributed by atoms with Gasteiger partial charge in [-0.1, -0.05) is 45.0 Å². The lowest BCUT2D eigenvalue weighted by atomic mass is 9.72. The van der Waals surface area contributed by atoms with Gasteiger partial charge in [0.15, 0.2) is 0 Å². The Balaban J connectivity index is 2.02. The molecule has 0 amide bonds. The Bertz CT molecular complexity index is 480. The smallest absolute Gasteiger partial charge is 0.107 e. The van der Waals surface area contributed by atoms with Gasteiger partial charge in [-0.2, -0.15) is 0 Å². The van der Waals surface area contributed by atoms with Crippen LogP contribution < -0.4 is 5.32 Å². The number of benzene rings is 1. The van der Waals surface area contributed by atoms with Crippen molar-refractivity contribution in [1.82, 2.24) is 5.32 Å². The maximum atomic E-state index is 6.81. The minimum atomic E-state index is -0.104. The standard InChI is InChI=1S/C18H27NO/c1-4-17(5-2)12-19-13-18(20-17)11-10-14(3)15-8-6-7-9-16(15)18/h6-9,14,19H,4-5,10-13H2,1-3H3. The lowest BCUT2D eigenvalue weighted by Gasteiger charge is -2.51. The highest BCUT2D eigenvalue weighted by Gasteiger charge is 2.47. The number of rotatable bonds is 2. The molecule has 1 N–H and O–H groups in total. The van der Waals surface area contributed by atoms with Crippen LogP contribution in [-0.2, 0) is 10.3 Å². The van der Waals surface area contributed by atoms with E-state index in [1.165, 1.54) is 17.5 Å². The molecule has 1 spiro atoms. The van der Waals surface area contributed by atoms with Gasteiger partial charge in [0.2, 0.25) is 0 Å². The number of fused-ring (bicyclic) bond motifs is 2. The van der Waals surface area contributed by atoms with Crippen LogP contribution in [0, 0.1) is 0 Å². The monoisotopic (exact) mass is 273 g/mol. The third-order valence-corrected chi connectivity index (χ3v) is 5.52. The molecule has 0 bridgehead atoms. The average molecular weight is 273 g/mol. The van der Waals surface area contributed by atoms with Crippen molar-refractivity contribution in [3.05, 3.63) is 35.4 Å². The van der Waals surface area contributed by atoms with Crippen molar-refractivity contribution < 1.29 is 4.74 Å². The molecule has 1 aliphatic heterocycles. The first-order valence-electron chi connectivity index (χ1n) is 8.15. The summed E-state index contributed by atoms with van der Waals surface area (Å²) in [7, 11) is 0. The van der Waals surface area contributed by atoms with E-state index in [9.17, 15) is 0 Å². The second-order valence-electron chi connectivity index (χ2n) is 6.62. The number of ether oxygens (including phenoxy) is 1. The zero-order valence-corrected chi connectivity index (χ0v) is 13.0. The van der Waals surface area contributed by atoms with Crippen molar-refractivity contribution in [2.24, 2.45) is 0 Å². The third-order valence-electron chi connectivity index (χ3n) is 5.52. The summed E-state index contributed by atoms with van der Waals surface area (Å²) in [5.74, 6) is 0.653. The van der Waals surface area contributed by atoms with Gasteiger partial charge in [-0.05, 0) is 42.7 Å². The molecule has 1 heterocycles. The van der Waals surface area contributed by atoms with Crippen molar-refractivity contribution >= 4 is 0 Å². The molecule has 0 saturated carbocycles. The predicted molar refractivity (Wildman–Crippen MR) is 83.0 cm³/mol. The molecule has 2 unspecified atom stereocenters. The molecule has 2 nitrogen and oxygen atoms in total. The Labute approximate surface area is 122 Å². The quantitative estimate of drug-likeness (QED) is 0.880. The van der Waals surface area contributed by atoms with E-state index in [1.807, 2.05) is 0 Å². The highest BCUT2D eigenvalue weighted by atomic mass is 16.5. The van der Waals surface area contributed by atoms with Gasteiger partial charge in [-0.3, -0.25) is 0 Å². The summed E-state index contributed by atoms with van der Waals surface area (Å²) in [6.07, 6.45) is 4.52. The van der Waals surface area contributed by atoms with Crippen LogP contribution in [0.4, 0.5) is 0 Å². The number of nitrogens with one attached hydrogen (secondary N) is 1. The Morgan fingerprint density at radius 2 is 1.95 bits per heavy atom. The summed E-state index contributed by atoms with van der Waals surface area (Å²) in [4.78, 5) is 0. The molecule has 3 rings (SSSR count). The molecule has 1 aromatic carbocycles. The van der Waals surface area contributed by atoms with Gasteiger partial charge in [-0.15, -0.1) is 0 Å². The van der Waals surface area contributed by atoms with Gasteiger partial charge in [-0.25, -0.2) is 0 Å². The maximum absolute atomic E-state index is 6.81. The zero-order chi connectivity index (χ0) is 14.2. The Morgan fingerprint density at radius 1 is 1.20 bits per heavy atom. The molecule has 110 valence electrons. The Hall–Kier alpha value is -0.860. The molecule has 2 atom stereocenters. The first kappa shape index (κ1) is 14.1. The van der Waals surface area contributed by atoms with E-state index < -0.39 is 0 Å². The minimum Gasteiger partial charge on any atom is -0.361 e. The lowest BCUT2D eigenvalue weighted by Crippen LogP contribution is -2.59. The van der Waals surface area contributed by atoms with Crippen molar-refractivity contribution in [2.75, 3.05) is 13.1 Å². The second kappa shape index (κ2) is 5.16. The minimum absolute atomic E-state index is 0.00589. The van der Waals surface area contributed by atoms with Crippen molar-refractivity contribution in [3.8, 4) is 0 Å². The van der Waals surface area contributed by atoms with Crippen molar-refractivity contribution in [2.45, 2.75) is 63.6 Å². The Morgan fingerprint density at radius 3 is 2.70 bits per heavy atom. The van der Waals surface area contributed by atoms with Gasteiger partial charge < -0.3 is 10.1 Å². The van der Waals surface area contributed by atoms with Crippen LogP contribution in [0.5, 0.6) is 0 Å². The number of hydrogen-bond donors (Lipinski definition) is 1. The first-order valence-corrected chi connectivity index (χ1v) is 8.15. The van der Waals surface area contributed by atoms with Gasteiger partial charge in [0.05, 0.1) is 5.60 Å². The zero-order valence-electron chi connectivity index (χ0n) is 13.0. The summed E-state index contributed by atoms with van der Waals surface area (Å²) in [5, 5.41) is 3.67. The normalized spacial score (nSPS) is 32.0. The highest BCUT2D eigenvalue weighted by molar-refractivity contribution is 5.38. The van der Waals surface area contributed by atoms with Gasteiger partial charge in [0.25, 0.3) is 0 Å². The van der Waals surface area contributed by atoms with Crippen LogP contribution in [0.1, 0.15) is 63.5 Å². The lowest BCUT2D eigenvalue weighted by molar-refractivity contribution is -0.194. The second-order valence-corrected chi connectivity index (χ2v) is 6.62. The van der Waals surface area contributed by atoms with Crippen molar-refractivity contribution in [3.63, 3.8) is 0 Å². The van der Waals surface area contributed by atoms with Crippen LogP contribution in [0.2, 0.25) is 0 Å². The van der Waals surface area contributed by atoms with E-state index in [2.05, 4.69) is 50.4 Å². The topological polar surface area (TPSA) is 21.3 Å². The molecule has 2 heteroatoms. The highest BCUT2D eigenvalue weighted by Crippen LogP contribution is 2.47. The fraction of sp³-hybridized carbons (Fsp3) is 0.667. The van der Waals surface area contributed by atoms with E-state index >= 15 is 0 Å². The average Bonchev–Trinajstić information content (AvgIpc) is 2.52. The molecule has 0 radical (unpaired) electrons. The van der Waals surface area contributed by atoms with Crippen LogP contribution in [-0.4, -0.2) is 18.7 Å². The number of morpholine rings is 1. The van der Waals surface area contributed by atoms with Gasteiger partial charge in [0, 0.05) is 13.1 Å². The summed E-state index contributed by atoms with van der Waals surface area (Å²) in [5.41, 5.74) is 2.82. The first-order chi connectivity index (χ1) is 9.65. The van der Waals surface area contributed by atoms with Crippen LogP contribution in [0.15, 0.2) is 24.3 Å². The van der Waals surface area contributed by atoms with Crippen LogP contribution in [0.3, 0.4) is 0 Å². The van der Waals surface area contributed by atoms with E-state index in [1.54, 1.807) is 0 Å². The molecule has 1 fully saturated rings. The fourth-order valence-corrected chi connectivity index (χ4v) is 3.99. The Kier molecular flexibility index (Phi) is 3.64. The summed E-state index contributed by atoms with van der Waals surface area (Å²) in [6, 6.07) is 8.90. The molecular weight excluding hydrogens is 246 g/mol. The summed E-state index contributed by atoms with van der Waals surface area (Å²) in [6.45, 7) is 8.79. The van der Waals surface area contributed by atoms with Crippen LogP contribution >= 0.6 is 0 Å². The maximum Gasteiger partial charge on any atom is 0.107 e. The largest absolute Gasteiger partial charge is 0.361 e. The van der Waals surface area contributed by atoms with E-state index in [4.69, 9.17) is 4.74 Å². The third kappa shape index (κ3) is 2.10. The van der Waals surface area contributed by atoms with E-state index in [0.29, 0.717) is 5.92 Å². The molecule has 2 aliphatic rings. The molecule has 20 heavy (non-hydrogen) atoms. The fourth-order valence-electron chi connectivity index (χ4n) is 3.99. The SMILES string of the molecule is CCC1(CC)CNCC2(CCC(C)c3ccccc32)O1. The molecule has 1 aliphatic carbocycles. The molecular formula is C18H27NO. The van der Waals surface area contributed by atoms with Gasteiger partial charge in [0.1, 0.15) is 5.60 Å². The van der Waals surface area contributed by atoms with E-state index in [-0.39, 0.29) is 11.2 Å².